The summed E-state index contributed by atoms with van der Waals surface area (Å²) in [6.45, 7) is 15.5. The third kappa shape index (κ3) is 5.28. The minimum atomic E-state index is 0.632. The van der Waals surface area contributed by atoms with Crippen molar-refractivity contribution in [3.8, 4) is 0 Å². The van der Waals surface area contributed by atoms with Gasteiger partial charge in [0.2, 0.25) is 0 Å². The summed E-state index contributed by atoms with van der Waals surface area (Å²) >= 11 is 0. The van der Waals surface area contributed by atoms with Gasteiger partial charge in [0.1, 0.15) is 0 Å². The summed E-state index contributed by atoms with van der Waals surface area (Å²) < 4.78 is 0. The Hall–Kier alpha value is -0.730. The Labute approximate surface area is 113 Å². The lowest BCUT2D eigenvalue weighted by atomic mass is 9.97. The molecule has 1 atom stereocenters. The fourth-order valence-electron chi connectivity index (χ4n) is 2.58. The molecule has 1 N–H and O–H groups in total. The smallest absolute Gasteiger partial charge is 0.193 e. The van der Waals surface area contributed by atoms with E-state index in [0.29, 0.717) is 5.92 Å². The molecule has 0 bridgehead atoms. The van der Waals surface area contributed by atoms with Crippen molar-refractivity contribution in [2.75, 3.05) is 26.2 Å². The molecule has 3 nitrogen and oxygen atoms in total. The van der Waals surface area contributed by atoms with E-state index in [9.17, 15) is 0 Å². The van der Waals surface area contributed by atoms with Crippen LogP contribution in [0, 0.1) is 17.8 Å². The molecule has 0 aromatic rings. The van der Waals surface area contributed by atoms with Crippen LogP contribution in [0.25, 0.3) is 0 Å². The molecule has 1 heterocycles. The number of rotatable bonds is 5. The molecule has 0 aliphatic carbocycles. The van der Waals surface area contributed by atoms with Crippen molar-refractivity contribution in [1.29, 1.82) is 0 Å². The molecular formula is C15H31N3. The van der Waals surface area contributed by atoms with Crippen LogP contribution in [0.5, 0.6) is 0 Å². The van der Waals surface area contributed by atoms with Crippen molar-refractivity contribution in [2.45, 2.75) is 47.5 Å². The standard InChI is InChI=1S/C15H31N3/c1-6-16-15(17-10-13(4)5)18-8-7-14(11-18)9-12(2)3/h12-14H,6-11H2,1-5H3,(H,16,17). The Morgan fingerprint density at radius 3 is 2.56 bits per heavy atom. The van der Waals surface area contributed by atoms with Gasteiger partial charge >= 0.3 is 0 Å². The van der Waals surface area contributed by atoms with Gasteiger partial charge in [-0.15, -0.1) is 0 Å². The zero-order chi connectivity index (χ0) is 13.5. The molecule has 18 heavy (non-hydrogen) atoms. The molecule has 1 fully saturated rings. The Morgan fingerprint density at radius 2 is 2.00 bits per heavy atom. The van der Waals surface area contributed by atoms with Crippen molar-refractivity contribution < 1.29 is 0 Å². The largest absolute Gasteiger partial charge is 0.357 e. The van der Waals surface area contributed by atoms with E-state index in [1.54, 1.807) is 0 Å². The van der Waals surface area contributed by atoms with Crippen LogP contribution < -0.4 is 5.32 Å². The molecule has 106 valence electrons. The summed E-state index contributed by atoms with van der Waals surface area (Å²) in [6.07, 6.45) is 2.67. The van der Waals surface area contributed by atoms with Crippen molar-refractivity contribution in [3.05, 3.63) is 0 Å². The SMILES string of the molecule is CCNC(=NCC(C)C)N1CCC(CC(C)C)C1. The number of aliphatic imine (C=N–C) groups is 1. The summed E-state index contributed by atoms with van der Waals surface area (Å²) in [5.41, 5.74) is 0. The summed E-state index contributed by atoms with van der Waals surface area (Å²) in [5, 5.41) is 3.43. The number of guanidine groups is 1. The maximum Gasteiger partial charge on any atom is 0.193 e. The van der Waals surface area contributed by atoms with Gasteiger partial charge in [-0.05, 0) is 37.5 Å². The maximum atomic E-state index is 4.74. The Bertz CT molecular complexity index is 258. The zero-order valence-electron chi connectivity index (χ0n) is 12.9. The number of likely N-dealkylation sites (tertiary alicyclic amines) is 1. The molecule has 0 saturated carbocycles. The summed E-state index contributed by atoms with van der Waals surface area (Å²) in [6, 6.07) is 0. The second-order valence-corrected chi connectivity index (χ2v) is 6.32. The van der Waals surface area contributed by atoms with Gasteiger partial charge in [0.25, 0.3) is 0 Å². The third-order valence-electron chi connectivity index (χ3n) is 3.33. The van der Waals surface area contributed by atoms with Crippen LogP contribution in [0.15, 0.2) is 4.99 Å². The first-order chi connectivity index (χ1) is 8.52. The molecule has 0 aromatic carbocycles. The first-order valence-electron chi connectivity index (χ1n) is 7.56. The minimum absolute atomic E-state index is 0.632. The molecule has 0 radical (unpaired) electrons. The molecule has 1 rings (SSSR count). The van der Waals surface area contributed by atoms with Gasteiger partial charge in [-0.1, -0.05) is 27.7 Å². The highest BCUT2D eigenvalue weighted by molar-refractivity contribution is 5.80. The molecule has 3 heteroatoms. The summed E-state index contributed by atoms with van der Waals surface area (Å²) in [7, 11) is 0. The molecule has 1 aliphatic rings. The van der Waals surface area contributed by atoms with E-state index in [1.165, 1.54) is 25.9 Å². The van der Waals surface area contributed by atoms with Gasteiger partial charge in [0.05, 0.1) is 0 Å². The highest BCUT2D eigenvalue weighted by atomic mass is 15.3. The minimum Gasteiger partial charge on any atom is -0.357 e. The number of nitrogens with zero attached hydrogens (tertiary/aromatic N) is 2. The fourth-order valence-corrected chi connectivity index (χ4v) is 2.58. The van der Waals surface area contributed by atoms with Gasteiger partial charge in [0.15, 0.2) is 5.96 Å². The highest BCUT2D eigenvalue weighted by Crippen LogP contribution is 2.23. The molecular weight excluding hydrogens is 222 g/mol. The van der Waals surface area contributed by atoms with Crippen LogP contribution in [-0.4, -0.2) is 37.0 Å². The molecule has 0 spiro atoms. The average Bonchev–Trinajstić information content (AvgIpc) is 2.71. The molecule has 0 aromatic heterocycles. The first kappa shape index (κ1) is 15.3. The van der Waals surface area contributed by atoms with E-state index in [2.05, 4.69) is 44.8 Å². The van der Waals surface area contributed by atoms with Crippen molar-refractivity contribution in [3.63, 3.8) is 0 Å². The predicted molar refractivity (Wildman–Crippen MR) is 80.0 cm³/mol. The van der Waals surface area contributed by atoms with E-state index in [0.717, 1.165) is 30.9 Å². The lowest BCUT2D eigenvalue weighted by Gasteiger charge is -2.22. The van der Waals surface area contributed by atoms with Gasteiger partial charge in [-0.2, -0.15) is 0 Å². The predicted octanol–water partition coefficient (Wildman–Crippen LogP) is 2.98. The Balaban J connectivity index is 2.52. The number of nitrogens with one attached hydrogen (secondary N) is 1. The van der Waals surface area contributed by atoms with Crippen LogP contribution in [0.2, 0.25) is 0 Å². The zero-order valence-corrected chi connectivity index (χ0v) is 12.9. The third-order valence-corrected chi connectivity index (χ3v) is 3.33. The van der Waals surface area contributed by atoms with Crippen LogP contribution in [0.4, 0.5) is 0 Å². The summed E-state index contributed by atoms with van der Waals surface area (Å²) in [4.78, 5) is 7.18. The van der Waals surface area contributed by atoms with Gasteiger partial charge in [0, 0.05) is 26.2 Å². The van der Waals surface area contributed by atoms with E-state index in [-0.39, 0.29) is 0 Å². The van der Waals surface area contributed by atoms with E-state index < -0.39 is 0 Å². The second kappa shape index (κ2) is 7.65. The van der Waals surface area contributed by atoms with Crippen LogP contribution >= 0.6 is 0 Å². The van der Waals surface area contributed by atoms with Crippen molar-refractivity contribution in [2.24, 2.45) is 22.7 Å². The van der Waals surface area contributed by atoms with Crippen molar-refractivity contribution >= 4 is 5.96 Å². The Kier molecular flexibility index (Phi) is 6.51. The van der Waals surface area contributed by atoms with E-state index >= 15 is 0 Å². The topological polar surface area (TPSA) is 27.6 Å². The van der Waals surface area contributed by atoms with Crippen molar-refractivity contribution in [1.82, 2.24) is 10.2 Å². The fraction of sp³-hybridized carbons (Fsp3) is 0.933. The van der Waals surface area contributed by atoms with Gasteiger partial charge in [-0.3, -0.25) is 4.99 Å². The molecule has 1 aliphatic heterocycles. The first-order valence-corrected chi connectivity index (χ1v) is 7.56. The Morgan fingerprint density at radius 1 is 1.28 bits per heavy atom. The maximum absolute atomic E-state index is 4.74. The van der Waals surface area contributed by atoms with Crippen LogP contribution in [-0.2, 0) is 0 Å². The monoisotopic (exact) mass is 253 g/mol. The lowest BCUT2D eigenvalue weighted by Crippen LogP contribution is -2.40. The lowest BCUT2D eigenvalue weighted by molar-refractivity contribution is 0.403. The second-order valence-electron chi connectivity index (χ2n) is 6.32. The average molecular weight is 253 g/mol. The molecule has 1 unspecified atom stereocenters. The van der Waals surface area contributed by atoms with Gasteiger partial charge in [-0.25, -0.2) is 0 Å². The van der Waals surface area contributed by atoms with Crippen LogP contribution in [0.3, 0.4) is 0 Å². The highest BCUT2D eigenvalue weighted by Gasteiger charge is 2.25. The molecule has 1 saturated heterocycles. The normalized spacial score (nSPS) is 21.2. The number of hydrogen-bond donors (Lipinski definition) is 1. The van der Waals surface area contributed by atoms with Crippen LogP contribution in [0.1, 0.15) is 47.5 Å². The summed E-state index contributed by atoms with van der Waals surface area (Å²) in [5.74, 6) is 3.42. The molecule has 0 amide bonds. The van der Waals surface area contributed by atoms with E-state index in [4.69, 9.17) is 4.99 Å². The quantitative estimate of drug-likeness (QED) is 0.602. The number of hydrogen-bond acceptors (Lipinski definition) is 1. The van der Waals surface area contributed by atoms with E-state index in [1.807, 2.05) is 0 Å². The van der Waals surface area contributed by atoms with Gasteiger partial charge < -0.3 is 10.2 Å².